The van der Waals surface area contributed by atoms with Gasteiger partial charge in [-0.2, -0.15) is 0 Å². The van der Waals surface area contributed by atoms with Gasteiger partial charge in [0, 0.05) is 16.7 Å². The Morgan fingerprint density at radius 2 is 1.79 bits per heavy atom. The third-order valence-electron chi connectivity index (χ3n) is 3.94. The highest BCUT2D eigenvalue weighted by molar-refractivity contribution is 9.10. The van der Waals surface area contributed by atoms with E-state index in [1.165, 1.54) is 12.1 Å². The molecule has 2 amide bonds. The first-order valence-corrected chi connectivity index (χ1v) is 8.41. The van der Waals surface area contributed by atoms with Gasteiger partial charge in [0.1, 0.15) is 5.82 Å². The Kier molecular flexibility index (Phi) is 4.94. The van der Waals surface area contributed by atoms with Crippen LogP contribution in [-0.4, -0.2) is 11.8 Å². The van der Waals surface area contributed by atoms with Crippen molar-refractivity contribution < 1.29 is 14.0 Å². The summed E-state index contributed by atoms with van der Waals surface area (Å²) < 4.78 is 13.7. The molecule has 0 bridgehead atoms. The van der Waals surface area contributed by atoms with Crippen molar-refractivity contribution in [1.82, 2.24) is 5.32 Å². The number of nitrogens with one attached hydrogen (secondary N) is 2. The van der Waals surface area contributed by atoms with Crippen LogP contribution in [0, 0.1) is 17.7 Å². The van der Waals surface area contributed by atoms with Crippen molar-refractivity contribution >= 4 is 33.4 Å². The molecule has 0 aromatic heterocycles. The molecule has 2 unspecified atom stereocenters. The quantitative estimate of drug-likeness (QED) is 0.820. The van der Waals surface area contributed by atoms with Crippen LogP contribution in [-0.2, 0) is 16.1 Å². The topological polar surface area (TPSA) is 58.2 Å². The number of halogens is 2. The van der Waals surface area contributed by atoms with Crippen molar-refractivity contribution in [3.8, 4) is 0 Å². The van der Waals surface area contributed by atoms with Crippen LogP contribution < -0.4 is 10.6 Å². The summed E-state index contributed by atoms with van der Waals surface area (Å²) in [5.41, 5.74) is 1.52. The van der Waals surface area contributed by atoms with Gasteiger partial charge in [0.15, 0.2) is 0 Å². The molecule has 24 heavy (non-hydrogen) atoms. The number of anilines is 1. The molecule has 2 N–H and O–H groups in total. The first kappa shape index (κ1) is 16.6. The molecule has 2 aromatic rings. The monoisotopic (exact) mass is 390 g/mol. The molecule has 1 fully saturated rings. The molecule has 6 heteroatoms. The zero-order valence-corrected chi connectivity index (χ0v) is 14.3. The molecule has 1 saturated carbocycles. The lowest BCUT2D eigenvalue weighted by molar-refractivity contribution is -0.125. The lowest BCUT2D eigenvalue weighted by atomic mass is 10.2. The van der Waals surface area contributed by atoms with Crippen LogP contribution in [0.25, 0.3) is 0 Å². The highest BCUT2D eigenvalue weighted by atomic mass is 79.9. The van der Waals surface area contributed by atoms with E-state index in [0.717, 1.165) is 10.0 Å². The Bertz CT molecular complexity index is 764. The van der Waals surface area contributed by atoms with Gasteiger partial charge in [-0.15, -0.1) is 0 Å². The van der Waals surface area contributed by atoms with Gasteiger partial charge in [-0.25, -0.2) is 4.39 Å². The molecule has 124 valence electrons. The molecule has 1 aliphatic rings. The molecule has 0 saturated heterocycles. The van der Waals surface area contributed by atoms with E-state index in [-0.39, 0.29) is 29.5 Å². The predicted molar refractivity (Wildman–Crippen MR) is 92.6 cm³/mol. The van der Waals surface area contributed by atoms with Gasteiger partial charge in [0.25, 0.3) is 0 Å². The fourth-order valence-corrected chi connectivity index (χ4v) is 2.90. The van der Waals surface area contributed by atoms with Crippen molar-refractivity contribution in [1.29, 1.82) is 0 Å². The number of rotatable bonds is 5. The fourth-order valence-electron chi connectivity index (χ4n) is 2.50. The SMILES string of the molecule is O=C(NCc1ccc(F)cc1)C1CC1C(=O)Nc1cccc(Br)c1. The summed E-state index contributed by atoms with van der Waals surface area (Å²) in [6.07, 6.45) is 0.551. The van der Waals surface area contributed by atoms with Crippen molar-refractivity contribution in [3.63, 3.8) is 0 Å². The number of hydrogen-bond acceptors (Lipinski definition) is 2. The number of benzene rings is 2. The average Bonchev–Trinajstić information content (AvgIpc) is 3.35. The maximum atomic E-state index is 12.8. The zero-order chi connectivity index (χ0) is 17.1. The van der Waals surface area contributed by atoms with Crippen molar-refractivity contribution in [2.45, 2.75) is 13.0 Å². The molecule has 2 aromatic carbocycles. The van der Waals surface area contributed by atoms with E-state index in [2.05, 4.69) is 26.6 Å². The second kappa shape index (κ2) is 7.13. The minimum atomic E-state index is -0.309. The lowest BCUT2D eigenvalue weighted by Gasteiger charge is -2.07. The van der Waals surface area contributed by atoms with E-state index >= 15 is 0 Å². The number of amides is 2. The number of carbonyl (C=O) groups is 2. The molecular formula is C18H16BrFN2O2. The summed E-state index contributed by atoms with van der Waals surface area (Å²) in [4.78, 5) is 24.3. The predicted octanol–water partition coefficient (Wildman–Crippen LogP) is 3.48. The van der Waals surface area contributed by atoms with Crippen LogP contribution in [0.1, 0.15) is 12.0 Å². The highest BCUT2D eigenvalue weighted by Crippen LogP contribution is 2.39. The largest absolute Gasteiger partial charge is 0.352 e. The fraction of sp³-hybridized carbons (Fsp3) is 0.222. The summed E-state index contributed by atoms with van der Waals surface area (Å²) in [7, 11) is 0. The third-order valence-corrected chi connectivity index (χ3v) is 4.43. The summed E-state index contributed by atoms with van der Waals surface area (Å²) in [6, 6.07) is 13.3. The minimum Gasteiger partial charge on any atom is -0.352 e. The Morgan fingerprint density at radius 1 is 1.08 bits per heavy atom. The van der Waals surface area contributed by atoms with Gasteiger partial charge >= 0.3 is 0 Å². The van der Waals surface area contributed by atoms with E-state index in [0.29, 0.717) is 18.7 Å². The smallest absolute Gasteiger partial charge is 0.228 e. The van der Waals surface area contributed by atoms with Crippen LogP contribution in [0.4, 0.5) is 10.1 Å². The van der Waals surface area contributed by atoms with Crippen LogP contribution in [0.3, 0.4) is 0 Å². The summed E-state index contributed by atoms with van der Waals surface area (Å²) >= 11 is 3.35. The molecule has 0 radical (unpaired) electrons. The van der Waals surface area contributed by atoms with Gasteiger partial charge in [0.05, 0.1) is 11.8 Å². The van der Waals surface area contributed by atoms with Crippen LogP contribution in [0.2, 0.25) is 0 Å². The van der Waals surface area contributed by atoms with Crippen molar-refractivity contribution in [3.05, 3.63) is 64.4 Å². The van der Waals surface area contributed by atoms with Crippen molar-refractivity contribution in [2.75, 3.05) is 5.32 Å². The van der Waals surface area contributed by atoms with Gasteiger partial charge in [0.2, 0.25) is 11.8 Å². The highest BCUT2D eigenvalue weighted by Gasteiger charge is 2.47. The van der Waals surface area contributed by atoms with E-state index in [9.17, 15) is 14.0 Å². The maximum Gasteiger partial charge on any atom is 0.228 e. The summed E-state index contributed by atoms with van der Waals surface area (Å²) in [5, 5.41) is 5.61. The standard InChI is InChI=1S/C18H16BrFN2O2/c19-12-2-1-3-14(8-12)22-18(24)16-9-15(16)17(23)21-10-11-4-6-13(20)7-5-11/h1-8,15-16H,9-10H2,(H,21,23)(H,22,24). The summed E-state index contributed by atoms with van der Waals surface area (Å²) in [5.74, 6) is -1.19. The zero-order valence-electron chi connectivity index (χ0n) is 12.8. The first-order valence-electron chi connectivity index (χ1n) is 7.61. The normalized spacial score (nSPS) is 18.8. The molecule has 2 atom stereocenters. The Balaban J connectivity index is 1.48. The molecule has 0 heterocycles. The maximum absolute atomic E-state index is 12.8. The molecule has 3 rings (SSSR count). The Morgan fingerprint density at radius 3 is 2.50 bits per heavy atom. The van der Waals surface area contributed by atoms with Crippen LogP contribution in [0.15, 0.2) is 53.0 Å². The van der Waals surface area contributed by atoms with E-state index in [1.54, 1.807) is 18.2 Å². The second-order valence-electron chi connectivity index (χ2n) is 5.79. The minimum absolute atomic E-state index is 0.143. The van der Waals surface area contributed by atoms with Gasteiger partial charge in [-0.1, -0.05) is 34.1 Å². The Hall–Kier alpha value is -2.21. The van der Waals surface area contributed by atoms with Gasteiger partial charge < -0.3 is 10.6 Å². The Labute approximate surface area is 147 Å². The average molecular weight is 391 g/mol. The molecular weight excluding hydrogens is 375 g/mol. The van der Waals surface area contributed by atoms with E-state index in [1.807, 2.05) is 18.2 Å². The van der Waals surface area contributed by atoms with Gasteiger partial charge in [-0.05, 0) is 42.3 Å². The molecule has 0 aliphatic heterocycles. The van der Waals surface area contributed by atoms with E-state index < -0.39 is 0 Å². The van der Waals surface area contributed by atoms with Crippen LogP contribution in [0.5, 0.6) is 0 Å². The lowest BCUT2D eigenvalue weighted by Crippen LogP contribution is -2.27. The summed E-state index contributed by atoms with van der Waals surface area (Å²) in [6.45, 7) is 0.329. The van der Waals surface area contributed by atoms with E-state index in [4.69, 9.17) is 0 Å². The van der Waals surface area contributed by atoms with Gasteiger partial charge in [-0.3, -0.25) is 9.59 Å². The molecule has 0 spiro atoms. The second-order valence-corrected chi connectivity index (χ2v) is 6.71. The van der Waals surface area contributed by atoms with Crippen molar-refractivity contribution in [2.24, 2.45) is 11.8 Å². The molecule has 1 aliphatic carbocycles. The number of hydrogen-bond donors (Lipinski definition) is 2. The molecule has 4 nitrogen and oxygen atoms in total. The number of carbonyl (C=O) groups excluding carboxylic acids is 2. The third kappa shape index (κ3) is 4.20. The first-order chi connectivity index (χ1) is 11.5. The van der Waals surface area contributed by atoms with Crippen LogP contribution >= 0.6 is 15.9 Å².